The van der Waals surface area contributed by atoms with Crippen LogP contribution in [-0.2, 0) is 10.1 Å². The number of hydrogen-bond donors (Lipinski definition) is 3. The van der Waals surface area contributed by atoms with Gasteiger partial charge in [0.2, 0.25) is 0 Å². The van der Waals surface area contributed by atoms with Crippen molar-refractivity contribution in [3.63, 3.8) is 0 Å². The van der Waals surface area contributed by atoms with Crippen molar-refractivity contribution < 1.29 is 22.6 Å². The van der Waals surface area contributed by atoms with Gasteiger partial charge in [0.05, 0.1) is 16.8 Å². The van der Waals surface area contributed by atoms with Gasteiger partial charge >= 0.3 is 0 Å². The number of ketones is 2. The van der Waals surface area contributed by atoms with Crippen LogP contribution < -0.4 is 11.1 Å². The first-order chi connectivity index (χ1) is 13.7. The summed E-state index contributed by atoms with van der Waals surface area (Å²) in [5.41, 5.74) is 6.04. The molecule has 1 fully saturated rings. The van der Waals surface area contributed by atoms with Crippen LogP contribution in [-0.4, -0.2) is 30.6 Å². The van der Waals surface area contributed by atoms with E-state index in [4.69, 9.17) is 5.73 Å². The number of rotatable bonds is 3. The second-order valence-corrected chi connectivity index (χ2v) is 9.02. The number of anilines is 2. The molecule has 7 nitrogen and oxygen atoms in total. The summed E-state index contributed by atoms with van der Waals surface area (Å²) in [4.78, 5) is 25.7. The molecule has 1 radical (unpaired) electrons. The normalized spacial score (nSPS) is 21.4. The van der Waals surface area contributed by atoms with Crippen LogP contribution in [0.25, 0.3) is 0 Å². The van der Waals surface area contributed by atoms with Crippen molar-refractivity contribution in [1.82, 2.24) is 0 Å². The van der Waals surface area contributed by atoms with Gasteiger partial charge in [-0.25, -0.2) is 0 Å². The first-order valence-electron chi connectivity index (χ1n) is 9.40. The molecule has 29 heavy (non-hydrogen) atoms. The highest BCUT2D eigenvalue weighted by Gasteiger charge is 2.37. The van der Waals surface area contributed by atoms with Gasteiger partial charge < -0.3 is 11.1 Å². The minimum Gasteiger partial charge on any atom is -0.397 e. The highest BCUT2D eigenvalue weighted by atomic mass is 32.2. The molecule has 2 aliphatic rings. The van der Waals surface area contributed by atoms with Crippen molar-refractivity contribution in [1.29, 1.82) is 0 Å². The van der Waals surface area contributed by atoms with Crippen molar-refractivity contribution >= 4 is 33.1 Å². The molecule has 0 heterocycles. The van der Waals surface area contributed by atoms with E-state index in [1.54, 1.807) is 18.2 Å². The van der Waals surface area contributed by atoms with Crippen molar-refractivity contribution in [2.24, 2.45) is 5.92 Å². The van der Waals surface area contributed by atoms with Crippen LogP contribution in [0.4, 0.5) is 11.4 Å². The third-order valence-corrected chi connectivity index (χ3v) is 6.52. The fourth-order valence-corrected chi connectivity index (χ4v) is 4.72. The Morgan fingerprint density at radius 3 is 2.24 bits per heavy atom. The van der Waals surface area contributed by atoms with Gasteiger partial charge in [-0.15, -0.1) is 0 Å². The van der Waals surface area contributed by atoms with E-state index < -0.39 is 32.3 Å². The van der Waals surface area contributed by atoms with Crippen LogP contribution in [0.15, 0.2) is 35.2 Å². The maximum atomic E-state index is 13.2. The lowest BCUT2D eigenvalue weighted by Crippen LogP contribution is -2.30. The number of carbonyl (C=O) groups excluding carboxylic acids is 2. The number of nitrogens with two attached hydrogens (primary N) is 1. The molecule has 2 aliphatic carbocycles. The molecule has 2 unspecified atom stereocenters. The van der Waals surface area contributed by atoms with Crippen LogP contribution in [0.5, 0.6) is 0 Å². The Labute approximate surface area is 169 Å². The second-order valence-electron chi connectivity index (χ2n) is 7.63. The Morgan fingerprint density at radius 1 is 1.07 bits per heavy atom. The topological polar surface area (TPSA) is 127 Å². The van der Waals surface area contributed by atoms with Crippen LogP contribution in [0.3, 0.4) is 0 Å². The summed E-state index contributed by atoms with van der Waals surface area (Å²) in [5.74, 6) is -0.457. The minimum absolute atomic E-state index is 0.0201. The molecule has 2 aromatic carbocycles. The van der Waals surface area contributed by atoms with Crippen LogP contribution in [0.2, 0.25) is 0 Å². The summed E-state index contributed by atoms with van der Waals surface area (Å²) in [6.45, 7) is 2.12. The molecule has 2 atom stereocenters. The summed E-state index contributed by atoms with van der Waals surface area (Å²) in [6.07, 6.45) is 4.68. The molecule has 0 aromatic heterocycles. The SMILES string of the molecule is CC1[CH]CC(Nc2cc(S(=O)(=O)O)c(N)c3c2C(=O)c2ccccc2C3=O)CC1. The number of fused-ring (bicyclic) bond motifs is 2. The monoisotopic (exact) mass is 413 g/mol. The summed E-state index contributed by atoms with van der Waals surface area (Å²) in [5, 5.41) is 3.22. The average Bonchev–Trinajstić information content (AvgIpc) is 2.68. The van der Waals surface area contributed by atoms with Crippen LogP contribution in [0, 0.1) is 12.3 Å². The molecule has 1 saturated carbocycles. The Kier molecular flexibility index (Phi) is 4.71. The minimum atomic E-state index is -4.69. The van der Waals surface area contributed by atoms with Gasteiger partial charge in [-0.2, -0.15) is 8.42 Å². The maximum Gasteiger partial charge on any atom is 0.296 e. The molecule has 8 heteroatoms. The van der Waals surface area contributed by atoms with E-state index in [0.717, 1.165) is 25.3 Å². The Morgan fingerprint density at radius 2 is 1.69 bits per heavy atom. The van der Waals surface area contributed by atoms with E-state index in [1.165, 1.54) is 6.07 Å². The van der Waals surface area contributed by atoms with E-state index in [2.05, 4.69) is 18.7 Å². The number of carbonyl (C=O) groups is 2. The standard InChI is InChI=1S/C21H21N2O5S/c1-11-6-8-12(9-7-11)23-15-10-16(29(26,27)28)19(22)18-17(15)20(24)13-4-2-3-5-14(13)21(18)25/h2-6,10-12,23H,7-9,22H2,1H3,(H,26,27,28). The van der Waals surface area contributed by atoms with Gasteiger partial charge in [0.25, 0.3) is 10.1 Å². The Hall–Kier alpha value is -2.71. The lowest BCUT2D eigenvalue weighted by molar-refractivity contribution is 0.0980. The molecule has 151 valence electrons. The zero-order valence-electron chi connectivity index (χ0n) is 15.8. The third-order valence-electron chi connectivity index (χ3n) is 5.63. The van der Waals surface area contributed by atoms with E-state index >= 15 is 0 Å². The smallest absolute Gasteiger partial charge is 0.296 e. The maximum absolute atomic E-state index is 13.2. The number of nitrogens with one attached hydrogen (secondary N) is 1. The van der Waals surface area contributed by atoms with Crippen LogP contribution in [0.1, 0.15) is 58.0 Å². The first-order valence-corrected chi connectivity index (χ1v) is 10.8. The molecule has 0 saturated heterocycles. The first kappa shape index (κ1) is 19.6. The Bertz CT molecular complexity index is 1130. The molecule has 0 aliphatic heterocycles. The predicted octanol–water partition coefficient (Wildman–Crippen LogP) is 3.10. The lowest BCUT2D eigenvalue weighted by Gasteiger charge is -2.30. The third kappa shape index (κ3) is 3.32. The summed E-state index contributed by atoms with van der Waals surface area (Å²) in [6, 6.07) is 7.48. The predicted molar refractivity (Wildman–Crippen MR) is 109 cm³/mol. The summed E-state index contributed by atoms with van der Waals surface area (Å²) in [7, 11) is -4.69. The number of hydrogen-bond acceptors (Lipinski definition) is 6. The molecule has 0 amide bonds. The van der Waals surface area contributed by atoms with E-state index in [0.29, 0.717) is 5.92 Å². The van der Waals surface area contributed by atoms with Gasteiger partial charge in [-0.1, -0.05) is 31.2 Å². The second kappa shape index (κ2) is 6.96. The molecule has 2 aromatic rings. The van der Waals surface area contributed by atoms with Crippen molar-refractivity contribution in [2.75, 3.05) is 11.1 Å². The molecule has 4 rings (SSSR count). The van der Waals surface area contributed by atoms with Gasteiger partial charge in [0.1, 0.15) is 4.90 Å². The molecule has 0 spiro atoms. The lowest BCUT2D eigenvalue weighted by atomic mass is 9.81. The number of benzene rings is 2. The van der Waals surface area contributed by atoms with Gasteiger partial charge in [0.15, 0.2) is 11.6 Å². The molecule has 0 bridgehead atoms. The highest BCUT2D eigenvalue weighted by molar-refractivity contribution is 7.86. The highest BCUT2D eigenvalue weighted by Crippen LogP contribution is 2.40. The zero-order chi connectivity index (χ0) is 20.9. The van der Waals surface area contributed by atoms with Gasteiger partial charge in [-0.3, -0.25) is 14.1 Å². The van der Waals surface area contributed by atoms with Crippen LogP contribution >= 0.6 is 0 Å². The van der Waals surface area contributed by atoms with Crippen molar-refractivity contribution in [2.45, 2.75) is 37.1 Å². The largest absolute Gasteiger partial charge is 0.397 e. The van der Waals surface area contributed by atoms with E-state index in [1.807, 2.05) is 0 Å². The van der Waals surface area contributed by atoms with Crippen molar-refractivity contribution in [3.8, 4) is 0 Å². The molecular weight excluding hydrogens is 392 g/mol. The fourth-order valence-electron chi connectivity index (χ4n) is 4.07. The van der Waals surface area contributed by atoms with E-state index in [9.17, 15) is 22.6 Å². The number of nitrogen functional groups attached to an aromatic ring is 1. The zero-order valence-corrected chi connectivity index (χ0v) is 16.6. The van der Waals surface area contributed by atoms with E-state index in [-0.39, 0.29) is 34.0 Å². The van der Waals surface area contributed by atoms with Gasteiger partial charge in [-0.05, 0) is 37.7 Å². The van der Waals surface area contributed by atoms with Gasteiger partial charge in [0, 0.05) is 22.9 Å². The fraction of sp³-hybridized carbons (Fsp3) is 0.286. The average molecular weight is 413 g/mol. The molecular formula is C21H21N2O5S. The van der Waals surface area contributed by atoms with Crippen molar-refractivity contribution in [3.05, 3.63) is 59.0 Å². The quantitative estimate of drug-likeness (QED) is 0.445. The summed E-state index contributed by atoms with van der Waals surface area (Å²) < 4.78 is 33.5. The molecule has 4 N–H and O–H groups in total. The Balaban J connectivity index is 1.91. The summed E-state index contributed by atoms with van der Waals surface area (Å²) >= 11 is 0.